The van der Waals surface area contributed by atoms with Gasteiger partial charge >= 0.3 is 0 Å². The third-order valence-corrected chi connectivity index (χ3v) is 4.43. The van der Waals surface area contributed by atoms with E-state index in [1.54, 1.807) is 12.1 Å². The van der Waals surface area contributed by atoms with E-state index in [1.807, 2.05) is 0 Å². The number of hydrogen-bond acceptors (Lipinski definition) is 4. The van der Waals surface area contributed by atoms with Crippen molar-refractivity contribution >= 4 is 5.91 Å². The molecule has 2 saturated heterocycles. The smallest absolute Gasteiger partial charge is 0.249 e. The van der Waals surface area contributed by atoms with Crippen LogP contribution in [0.2, 0.25) is 0 Å². The molecule has 1 aromatic carbocycles. The zero-order valence-corrected chi connectivity index (χ0v) is 13.2. The first kappa shape index (κ1) is 16.4. The van der Waals surface area contributed by atoms with Crippen molar-refractivity contribution in [2.24, 2.45) is 0 Å². The van der Waals surface area contributed by atoms with Crippen LogP contribution in [0.15, 0.2) is 24.3 Å². The van der Waals surface area contributed by atoms with Crippen LogP contribution in [-0.4, -0.2) is 56.4 Å². The highest BCUT2D eigenvalue weighted by Gasteiger charge is 2.27. The number of halogens is 1. The SMILES string of the molecule is O=C(NCC(c1ccc(F)cc1)N1CCOCC1)C1CCCO1. The Morgan fingerprint density at radius 3 is 2.65 bits per heavy atom. The first-order chi connectivity index (χ1) is 11.2. The van der Waals surface area contributed by atoms with Crippen LogP contribution in [0, 0.1) is 5.82 Å². The van der Waals surface area contributed by atoms with Crippen LogP contribution in [0.3, 0.4) is 0 Å². The van der Waals surface area contributed by atoms with E-state index in [9.17, 15) is 9.18 Å². The first-order valence-corrected chi connectivity index (χ1v) is 8.20. The summed E-state index contributed by atoms with van der Waals surface area (Å²) in [4.78, 5) is 14.4. The third kappa shape index (κ3) is 4.28. The molecule has 0 saturated carbocycles. The van der Waals surface area contributed by atoms with Crippen molar-refractivity contribution in [3.63, 3.8) is 0 Å². The average molecular weight is 322 g/mol. The van der Waals surface area contributed by atoms with Crippen molar-refractivity contribution in [3.8, 4) is 0 Å². The third-order valence-electron chi connectivity index (χ3n) is 4.43. The second-order valence-corrected chi connectivity index (χ2v) is 5.96. The van der Waals surface area contributed by atoms with Gasteiger partial charge in [-0.15, -0.1) is 0 Å². The molecule has 0 radical (unpaired) electrons. The minimum Gasteiger partial charge on any atom is -0.379 e. The van der Waals surface area contributed by atoms with Gasteiger partial charge in [0.05, 0.1) is 19.3 Å². The maximum atomic E-state index is 13.2. The molecule has 1 amide bonds. The van der Waals surface area contributed by atoms with E-state index in [4.69, 9.17) is 9.47 Å². The van der Waals surface area contributed by atoms with Gasteiger partial charge in [0.25, 0.3) is 0 Å². The van der Waals surface area contributed by atoms with Gasteiger partial charge in [0.1, 0.15) is 11.9 Å². The lowest BCUT2D eigenvalue weighted by atomic mass is 10.0. The molecule has 2 fully saturated rings. The molecule has 2 heterocycles. The van der Waals surface area contributed by atoms with E-state index < -0.39 is 0 Å². The van der Waals surface area contributed by atoms with Crippen molar-refractivity contribution in [1.29, 1.82) is 0 Å². The molecule has 2 aliphatic heterocycles. The molecule has 23 heavy (non-hydrogen) atoms. The Morgan fingerprint density at radius 1 is 1.26 bits per heavy atom. The summed E-state index contributed by atoms with van der Waals surface area (Å²) >= 11 is 0. The fourth-order valence-electron chi connectivity index (χ4n) is 3.13. The van der Waals surface area contributed by atoms with Crippen LogP contribution < -0.4 is 5.32 Å². The molecule has 0 bridgehead atoms. The summed E-state index contributed by atoms with van der Waals surface area (Å²) in [5.41, 5.74) is 1.00. The van der Waals surface area contributed by atoms with E-state index in [0.717, 1.165) is 31.5 Å². The predicted molar refractivity (Wildman–Crippen MR) is 83.5 cm³/mol. The molecule has 2 unspecified atom stereocenters. The lowest BCUT2D eigenvalue weighted by Gasteiger charge is -2.35. The lowest BCUT2D eigenvalue weighted by molar-refractivity contribution is -0.130. The van der Waals surface area contributed by atoms with Crippen molar-refractivity contribution in [2.45, 2.75) is 25.0 Å². The maximum absolute atomic E-state index is 13.2. The summed E-state index contributed by atoms with van der Waals surface area (Å²) in [6, 6.07) is 6.52. The molecule has 1 aromatic rings. The molecular weight excluding hydrogens is 299 g/mol. The highest BCUT2D eigenvalue weighted by atomic mass is 19.1. The number of rotatable bonds is 5. The minimum atomic E-state index is -0.325. The second kappa shape index (κ2) is 7.86. The number of nitrogens with zero attached hydrogens (tertiary/aromatic N) is 1. The van der Waals surface area contributed by atoms with Crippen molar-refractivity contribution in [3.05, 3.63) is 35.6 Å². The summed E-state index contributed by atoms with van der Waals surface area (Å²) in [6.45, 7) is 4.11. The van der Waals surface area contributed by atoms with E-state index >= 15 is 0 Å². The lowest BCUT2D eigenvalue weighted by Crippen LogP contribution is -2.45. The number of amides is 1. The number of hydrogen-bond donors (Lipinski definition) is 1. The van der Waals surface area contributed by atoms with E-state index in [2.05, 4.69) is 10.2 Å². The predicted octanol–water partition coefficient (Wildman–Crippen LogP) is 1.49. The van der Waals surface area contributed by atoms with Crippen LogP contribution in [0.5, 0.6) is 0 Å². The van der Waals surface area contributed by atoms with Crippen LogP contribution in [0.1, 0.15) is 24.4 Å². The van der Waals surface area contributed by atoms with Crippen LogP contribution >= 0.6 is 0 Å². The molecule has 3 rings (SSSR count). The Balaban J connectivity index is 1.66. The number of nitrogens with one attached hydrogen (secondary N) is 1. The largest absolute Gasteiger partial charge is 0.379 e. The van der Waals surface area contributed by atoms with Gasteiger partial charge in [-0.1, -0.05) is 12.1 Å². The molecule has 2 atom stereocenters. The van der Waals surface area contributed by atoms with Crippen molar-refractivity contribution in [2.75, 3.05) is 39.5 Å². The molecule has 0 aromatic heterocycles. The van der Waals surface area contributed by atoms with E-state index in [1.165, 1.54) is 12.1 Å². The molecule has 0 spiro atoms. The Labute approximate surface area is 135 Å². The van der Waals surface area contributed by atoms with Crippen molar-refractivity contribution < 1.29 is 18.7 Å². The Morgan fingerprint density at radius 2 is 2.00 bits per heavy atom. The molecular formula is C17H23FN2O3. The van der Waals surface area contributed by atoms with Gasteiger partial charge in [-0.2, -0.15) is 0 Å². The molecule has 2 aliphatic rings. The van der Waals surface area contributed by atoms with Gasteiger partial charge < -0.3 is 14.8 Å². The van der Waals surface area contributed by atoms with Gasteiger partial charge in [-0.3, -0.25) is 9.69 Å². The zero-order valence-electron chi connectivity index (χ0n) is 13.2. The molecule has 0 aliphatic carbocycles. The molecule has 5 nitrogen and oxygen atoms in total. The number of ether oxygens (including phenoxy) is 2. The summed E-state index contributed by atoms with van der Waals surface area (Å²) in [6.07, 6.45) is 1.39. The normalized spacial score (nSPS) is 23.6. The Kier molecular flexibility index (Phi) is 5.59. The minimum absolute atomic E-state index is 0.0184. The summed E-state index contributed by atoms with van der Waals surface area (Å²) in [7, 11) is 0. The average Bonchev–Trinajstić information content (AvgIpc) is 3.12. The topological polar surface area (TPSA) is 50.8 Å². The van der Waals surface area contributed by atoms with Gasteiger partial charge in [0.2, 0.25) is 5.91 Å². The zero-order chi connectivity index (χ0) is 16.1. The van der Waals surface area contributed by atoms with Gasteiger partial charge in [-0.05, 0) is 30.5 Å². The first-order valence-electron chi connectivity index (χ1n) is 8.20. The molecule has 126 valence electrons. The van der Waals surface area contributed by atoms with Crippen molar-refractivity contribution in [1.82, 2.24) is 10.2 Å². The Hall–Kier alpha value is -1.50. The van der Waals surface area contributed by atoms with E-state index in [0.29, 0.717) is 26.4 Å². The van der Waals surface area contributed by atoms with Gasteiger partial charge in [0, 0.05) is 26.2 Å². The summed E-state index contributed by atoms with van der Waals surface area (Å²) in [5.74, 6) is -0.305. The van der Waals surface area contributed by atoms with Gasteiger partial charge in [-0.25, -0.2) is 4.39 Å². The van der Waals surface area contributed by atoms with Crippen LogP contribution in [0.25, 0.3) is 0 Å². The second-order valence-electron chi connectivity index (χ2n) is 5.96. The highest BCUT2D eigenvalue weighted by molar-refractivity contribution is 5.81. The quantitative estimate of drug-likeness (QED) is 0.892. The maximum Gasteiger partial charge on any atom is 0.249 e. The monoisotopic (exact) mass is 322 g/mol. The van der Waals surface area contributed by atoms with E-state index in [-0.39, 0.29) is 23.9 Å². The summed E-state index contributed by atoms with van der Waals surface area (Å²) in [5, 5.41) is 2.99. The number of morpholine rings is 1. The number of benzene rings is 1. The van der Waals surface area contributed by atoms with Crippen LogP contribution in [-0.2, 0) is 14.3 Å². The van der Waals surface area contributed by atoms with Gasteiger partial charge in [0.15, 0.2) is 0 Å². The van der Waals surface area contributed by atoms with Crippen LogP contribution in [0.4, 0.5) is 4.39 Å². The highest BCUT2D eigenvalue weighted by Crippen LogP contribution is 2.22. The fourth-order valence-corrected chi connectivity index (χ4v) is 3.13. The Bertz CT molecular complexity index is 511. The molecule has 6 heteroatoms. The standard InChI is InChI=1S/C17H23FN2O3/c18-14-5-3-13(4-6-14)15(20-7-10-22-11-8-20)12-19-17(21)16-2-1-9-23-16/h3-6,15-16H,1-2,7-12H2,(H,19,21). The molecule has 1 N–H and O–H groups in total. The number of carbonyl (C=O) groups is 1. The number of carbonyl (C=O) groups excluding carboxylic acids is 1. The summed E-state index contributed by atoms with van der Waals surface area (Å²) < 4.78 is 24.0. The fraction of sp³-hybridized carbons (Fsp3) is 0.588.